The summed E-state index contributed by atoms with van der Waals surface area (Å²) in [6.07, 6.45) is 5.68. The minimum atomic E-state index is -4.63. The SMILES string of the molecule is O=C(NS(=O)(=O)O)c1cccc(CC2CCCC=C2c2nc(-c3ccccc3)c(-c3ccccc3)o2)c1. The number of aromatic nitrogens is 1. The van der Waals surface area contributed by atoms with Gasteiger partial charge in [0.2, 0.25) is 5.89 Å². The molecule has 1 amide bonds. The Bertz CT molecular complexity index is 1490. The Balaban J connectivity index is 1.47. The number of carbonyl (C=O) groups excluding carboxylic acids is 1. The standard InChI is InChI=1S/C29H26N2O5S/c32-28(31-37(33,34)35)24-16-9-10-20(19-24)18-23-15-7-8-17-25(23)29-30-26(21-11-3-1-4-12-21)27(36-29)22-13-5-2-6-14-22/h1-6,9-14,16-17,19,23H,7-8,15,18H2,(H,31,32)(H,33,34,35). The van der Waals surface area contributed by atoms with E-state index in [1.54, 1.807) is 16.9 Å². The number of amides is 1. The van der Waals surface area contributed by atoms with Crippen molar-refractivity contribution in [3.05, 3.63) is 108 Å². The molecule has 7 nitrogen and oxygen atoms in total. The predicted octanol–water partition coefficient (Wildman–Crippen LogP) is 5.97. The van der Waals surface area contributed by atoms with Crippen LogP contribution in [0.5, 0.6) is 0 Å². The number of hydrogen-bond donors (Lipinski definition) is 2. The van der Waals surface area contributed by atoms with Gasteiger partial charge in [0, 0.05) is 22.3 Å². The summed E-state index contributed by atoms with van der Waals surface area (Å²) in [4.78, 5) is 17.2. The van der Waals surface area contributed by atoms with Crippen LogP contribution in [0.3, 0.4) is 0 Å². The zero-order valence-corrected chi connectivity index (χ0v) is 20.8. The quantitative estimate of drug-likeness (QED) is 0.294. The van der Waals surface area contributed by atoms with Crippen molar-refractivity contribution in [3.63, 3.8) is 0 Å². The van der Waals surface area contributed by atoms with Crippen molar-refractivity contribution in [2.45, 2.75) is 25.7 Å². The molecule has 1 unspecified atom stereocenters. The van der Waals surface area contributed by atoms with E-state index in [9.17, 15) is 13.2 Å². The molecule has 0 fully saturated rings. The molecule has 0 bridgehead atoms. The Morgan fingerprint density at radius 2 is 1.68 bits per heavy atom. The maximum atomic E-state index is 12.2. The normalized spacial score (nSPS) is 15.7. The second-order valence-electron chi connectivity index (χ2n) is 9.03. The maximum absolute atomic E-state index is 12.2. The monoisotopic (exact) mass is 514 g/mol. The molecule has 0 saturated carbocycles. The molecule has 8 heteroatoms. The average molecular weight is 515 g/mol. The minimum absolute atomic E-state index is 0.111. The lowest BCUT2D eigenvalue weighted by Crippen LogP contribution is -2.29. The molecule has 188 valence electrons. The van der Waals surface area contributed by atoms with E-state index >= 15 is 0 Å². The van der Waals surface area contributed by atoms with Gasteiger partial charge in [-0.05, 0) is 49.3 Å². The Labute approximate surface area is 215 Å². The fraction of sp³-hybridized carbons (Fsp3) is 0.172. The van der Waals surface area contributed by atoms with Crippen LogP contribution in [0.1, 0.15) is 41.1 Å². The van der Waals surface area contributed by atoms with Gasteiger partial charge in [-0.2, -0.15) is 8.42 Å². The van der Waals surface area contributed by atoms with E-state index in [2.05, 4.69) is 6.08 Å². The number of rotatable bonds is 7. The fourth-order valence-electron chi connectivity index (χ4n) is 4.74. The van der Waals surface area contributed by atoms with Gasteiger partial charge in [0.1, 0.15) is 5.69 Å². The molecular formula is C29H26N2O5S. The summed E-state index contributed by atoms with van der Waals surface area (Å²) >= 11 is 0. The highest BCUT2D eigenvalue weighted by Gasteiger charge is 2.26. The lowest BCUT2D eigenvalue weighted by atomic mass is 9.83. The Morgan fingerprint density at radius 3 is 2.38 bits per heavy atom. The van der Waals surface area contributed by atoms with Crippen LogP contribution in [-0.4, -0.2) is 23.9 Å². The van der Waals surface area contributed by atoms with E-state index in [1.165, 1.54) is 6.07 Å². The van der Waals surface area contributed by atoms with Crippen LogP contribution < -0.4 is 4.72 Å². The first-order valence-corrected chi connectivity index (χ1v) is 13.5. The topological polar surface area (TPSA) is 110 Å². The molecule has 1 atom stereocenters. The highest BCUT2D eigenvalue weighted by atomic mass is 32.2. The van der Waals surface area contributed by atoms with Crippen LogP contribution in [-0.2, 0) is 16.7 Å². The molecule has 0 aliphatic heterocycles. The first kappa shape index (κ1) is 24.7. The summed E-state index contributed by atoms with van der Waals surface area (Å²) in [5, 5.41) is 0. The van der Waals surface area contributed by atoms with E-state index in [-0.39, 0.29) is 11.5 Å². The Morgan fingerprint density at radius 1 is 0.973 bits per heavy atom. The summed E-state index contributed by atoms with van der Waals surface area (Å²) in [5.74, 6) is 0.537. The van der Waals surface area contributed by atoms with E-state index in [0.717, 1.165) is 53.0 Å². The van der Waals surface area contributed by atoms with Gasteiger partial charge < -0.3 is 4.42 Å². The highest BCUT2D eigenvalue weighted by molar-refractivity contribution is 7.84. The summed E-state index contributed by atoms with van der Waals surface area (Å²) < 4.78 is 39.1. The Kier molecular flexibility index (Phi) is 7.03. The van der Waals surface area contributed by atoms with Crippen LogP contribution in [0, 0.1) is 5.92 Å². The zero-order chi connectivity index (χ0) is 25.8. The molecule has 1 aliphatic carbocycles. The third-order valence-electron chi connectivity index (χ3n) is 6.41. The van der Waals surface area contributed by atoms with E-state index in [0.29, 0.717) is 12.3 Å². The van der Waals surface area contributed by atoms with E-state index in [4.69, 9.17) is 14.0 Å². The van der Waals surface area contributed by atoms with Crippen molar-refractivity contribution in [1.29, 1.82) is 0 Å². The zero-order valence-electron chi connectivity index (χ0n) is 20.0. The van der Waals surface area contributed by atoms with Gasteiger partial charge >= 0.3 is 10.3 Å². The number of nitrogens with one attached hydrogen (secondary N) is 1. The maximum Gasteiger partial charge on any atom is 0.359 e. The second-order valence-corrected chi connectivity index (χ2v) is 10.2. The average Bonchev–Trinajstić information content (AvgIpc) is 3.35. The number of allylic oxidation sites excluding steroid dienone is 2. The molecule has 4 aromatic rings. The first-order chi connectivity index (χ1) is 17.9. The number of carbonyl (C=O) groups is 1. The number of hydrogen-bond acceptors (Lipinski definition) is 5. The van der Waals surface area contributed by atoms with Gasteiger partial charge in [-0.3, -0.25) is 9.35 Å². The molecule has 3 aromatic carbocycles. The lowest BCUT2D eigenvalue weighted by molar-refractivity contribution is 0.0978. The molecule has 37 heavy (non-hydrogen) atoms. The Hall–Kier alpha value is -4.01. The molecular weight excluding hydrogens is 488 g/mol. The van der Waals surface area contributed by atoms with Gasteiger partial charge in [0.05, 0.1) is 0 Å². The van der Waals surface area contributed by atoms with E-state index < -0.39 is 16.2 Å². The summed E-state index contributed by atoms with van der Waals surface area (Å²) in [5.41, 5.74) is 4.77. The molecule has 2 N–H and O–H groups in total. The van der Waals surface area contributed by atoms with Crippen LogP contribution in [0.4, 0.5) is 0 Å². The summed E-state index contributed by atoms with van der Waals surface area (Å²) in [7, 11) is -4.63. The molecule has 5 rings (SSSR count). The second kappa shape index (κ2) is 10.5. The number of oxazole rings is 1. The largest absolute Gasteiger partial charge is 0.436 e. The van der Waals surface area contributed by atoms with Gasteiger partial charge in [0.25, 0.3) is 5.91 Å². The van der Waals surface area contributed by atoms with Crippen LogP contribution in [0.15, 0.2) is 95.4 Å². The molecule has 0 spiro atoms. The van der Waals surface area contributed by atoms with Crippen molar-refractivity contribution in [1.82, 2.24) is 9.71 Å². The summed E-state index contributed by atoms with van der Waals surface area (Å²) in [6.45, 7) is 0. The molecule has 0 saturated heterocycles. The highest BCUT2D eigenvalue weighted by Crippen LogP contribution is 2.40. The van der Waals surface area contributed by atoms with Crippen molar-refractivity contribution in [2.75, 3.05) is 0 Å². The van der Waals surface area contributed by atoms with Crippen LogP contribution in [0.25, 0.3) is 28.2 Å². The smallest absolute Gasteiger partial charge is 0.359 e. The lowest BCUT2D eigenvalue weighted by Gasteiger charge is -2.22. The molecule has 1 aliphatic rings. The van der Waals surface area contributed by atoms with Gasteiger partial charge in [0.15, 0.2) is 5.76 Å². The van der Waals surface area contributed by atoms with Crippen molar-refractivity contribution in [2.24, 2.45) is 5.92 Å². The van der Waals surface area contributed by atoms with Crippen molar-refractivity contribution < 1.29 is 22.2 Å². The molecule has 1 heterocycles. The fourth-order valence-corrected chi connectivity index (χ4v) is 5.09. The number of nitrogens with zero attached hydrogens (tertiary/aromatic N) is 1. The molecule has 0 radical (unpaired) electrons. The third-order valence-corrected chi connectivity index (χ3v) is 6.85. The third kappa shape index (κ3) is 5.87. The van der Waals surface area contributed by atoms with Gasteiger partial charge in [-0.25, -0.2) is 9.71 Å². The predicted molar refractivity (Wildman–Crippen MR) is 142 cm³/mol. The van der Waals surface area contributed by atoms with Gasteiger partial charge in [-0.1, -0.05) is 78.9 Å². The van der Waals surface area contributed by atoms with Crippen LogP contribution in [0.2, 0.25) is 0 Å². The van der Waals surface area contributed by atoms with Gasteiger partial charge in [-0.15, -0.1) is 0 Å². The summed E-state index contributed by atoms with van der Waals surface area (Å²) in [6, 6.07) is 26.6. The number of benzene rings is 3. The first-order valence-electron chi connectivity index (χ1n) is 12.1. The molecule has 1 aromatic heterocycles. The van der Waals surface area contributed by atoms with E-state index in [1.807, 2.05) is 66.7 Å². The van der Waals surface area contributed by atoms with Crippen molar-refractivity contribution >= 4 is 21.8 Å². The van der Waals surface area contributed by atoms with Crippen molar-refractivity contribution in [3.8, 4) is 22.6 Å². The minimum Gasteiger partial charge on any atom is -0.436 e. The van der Waals surface area contributed by atoms with Crippen LogP contribution >= 0.6 is 0 Å².